The number of hydrogen-bond donors (Lipinski definition) is 1. The number of benzene rings is 2. The van der Waals surface area contributed by atoms with Crippen LogP contribution in [-0.4, -0.2) is 36.3 Å². The second-order valence-electron chi connectivity index (χ2n) is 5.52. The van der Waals surface area contributed by atoms with E-state index in [1.807, 2.05) is 48.5 Å². The van der Waals surface area contributed by atoms with Gasteiger partial charge in [0.1, 0.15) is 5.75 Å². The van der Waals surface area contributed by atoms with Crippen molar-refractivity contribution in [1.29, 1.82) is 0 Å². The molecule has 2 aromatic carbocycles. The monoisotopic (exact) mass is 402 g/mol. The van der Waals surface area contributed by atoms with Crippen molar-refractivity contribution in [2.45, 2.75) is 10.9 Å². The van der Waals surface area contributed by atoms with Gasteiger partial charge in [0.05, 0.1) is 23.1 Å². The molecule has 27 heavy (non-hydrogen) atoms. The Morgan fingerprint density at radius 2 is 1.93 bits per heavy atom. The Hall–Kier alpha value is -2.58. The number of nitrogens with one attached hydrogen (secondary N) is 1. The lowest BCUT2D eigenvalue weighted by atomic mass is 10.2. The molecule has 0 fully saturated rings. The average Bonchev–Trinajstić information content (AvgIpc) is 3.12. The van der Waals surface area contributed by atoms with E-state index in [1.54, 1.807) is 7.11 Å². The summed E-state index contributed by atoms with van der Waals surface area (Å²) in [5.41, 5.74) is 1.85. The van der Waals surface area contributed by atoms with Gasteiger partial charge in [0.2, 0.25) is 0 Å². The van der Waals surface area contributed by atoms with Crippen molar-refractivity contribution in [2.75, 3.05) is 19.5 Å². The quantitative estimate of drug-likeness (QED) is 0.460. The smallest absolute Gasteiger partial charge is 0.316 e. The second kappa shape index (κ2) is 9.38. The predicted octanol–water partition coefficient (Wildman–Crippen LogP) is 3.26. The lowest BCUT2D eigenvalue weighted by molar-refractivity contribution is -0.145. The van der Waals surface area contributed by atoms with Crippen LogP contribution >= 0.6 is 23.1 Å². The summed E-state index contributed by atoms with van der Waals surface area (Å²) in [6.45, 7) is 0.0657. The number of amides is 1. The van der Waals surface area contributed by atoms with Gasteiger partial charge in [-0.15, -0.1) is 11.3 Å². The fraction of sp³-hybridized carbons (Fsp3) is 0.211. The molecule has 1 aromatic heterocycles. The third-order valence-corrected chi connectivity index (χ3v) is 5.75. The molecule has 0 unspecified atom stereocenters. The normalized spacial score (nSPS) is 10.6. The van der Waals surface area contributed by atoms with E-state index in [4.69, 9.17) is 9.47 Å². The van der Waals surface area contributed by atoms with E-state index in [9.17, 15) is 9.59 Å². The van der Waals surface area contributed by atoms with Crippen LogP contribution < -0.4 is 10.1 Å². The summed E-state index contributed by atoms with van der Waals surface area (Å²) in [7, 11) is 1.60. The number of fused-ring (bicyclic) bond motifs is 1. The van der Waals surface area contributed by atoms with E-state index in [0.717, 1.165) is 25.9 Å². The molecule has 6 nitrogen and oxygen atoms in total. The van der Waals surface area contributed by atoms with Crippen molar-refractivity contribution in [3.8, 4) is 5.75 Å². The van der Waals surface area contributed by atoms with E-state index >= 15 is 0 Å². The minimum Gasteiger partial charge on any atom is -0.497 e. The summed E-state index contributed by atoms with van der Waals surface area (Å²) in [6, 6.07) is 15.2. The minimum absolute atomic E-state index is 0.117. The molecule has 0 aliphatic heterocycles. The summed E-state index contributed by atoms with van der Waals surface area (Å²) in [4.78, 5) is 28.1. The molecular formula is C19H18N2O4S2. The highest BCUT2D eigenvalue weighted by atomic mass is 32.2. The third-order valence-electron chi connectivity index (χ3n) is 3.60. The van der Waals surface area contributed by atoms with Gasteiger partial charge in [-0.3, -0.25) is 9.59 Å². The minimum atomic E-state index is -0.446. The van der Waals surface area contributed by atoms with Crippen LogP contribution in [0.1, 0.15) is 5.56 Å². The molecule has 0 radical (unpaired) electrons. The van der Waals surface area contributed by atoms with Crippen LogP contribution in [0.2, 0.25) is 0 Å². The number of thioether (sulfide) groups is 1. The molecule has 0 aliphatic rings. The second-order valence-corrected chi connectivity index (χ2v) is 7.77. The summed E-state index contributed by atoms with van der Waals surface area (Å²) < 4.78 is 12.0. The molecule has 8 heteroatoms. The van der Waals surface area contributed by atoms with Gasteiger partial charge in [0.15, 0.2) is 10.9 Å². The largest absolute Gasteiger partial charge is 0.497 e. The third kappa shape index (κ3) is 5.70. The molecule has 0 atom stereocenters. The Morgan fingerprint density at radius 3 is 2.67 bits per heavy atom. The van der Waals surface area contributed by atoms with E-state index < -0.39 is 5.97 Å². The van der Waals surface area contributed by atoms with Crippen molar-refractivity contribution >= 4 is 45.2 Å². The molecule has 3 rings (SSSR count). The van der Waals surface area contributed by atoms with Gasteiger partial charge in [-0.2, -0.15) is 0 Å². The Labute approximate surface area is 164 Å². The fourth-order valence-electron chi connectivity index (χ4n) is 2.22. The molecule has 1 amide bonds. The highest BCUT2D eigenvalue weighted by Crippen LogP contribution is 2.29. The first-order chi connectivity index (χ1) is 13.1. The van der Waals surface area contributed by atoms with Crippen molar-refractivity contribution in [3.63, 3.8) is 0 Å². The molecule has 3 aromatic rings. The summed E-state index contributed by atoms with van der Waals surface area (Å²) >= 11 is 2.84. The standard InChI is InChI=1S/C19H18N2O4S2/c1-24-14-8-6-13(7-9-14)10-20-17(22)11-25-18(23)12-26-19-21-15-4-2-3-5-16(15)27-19/h2-9H,10-12H2,1H3,(H,20,22). The first-order valence-electron chi connectivity index (χ1n) is 8.17. The molecule has 0 spiro atoms. The van der Waals surface area contributed by atoms with Gasteiger partial charge in [-0.05, 0) is 29.8 Å². The SMILES string of the molecule is COc1ccc(CNC(=O)COC(=O)CSc2nc3ccccc3s2)cc1. The molecule has 140 valence electrons. The number of rotatable bonds is 8. The van der Waals surface area contributed by atoms with Crippen LogP contribution in [0.5, 0.6) is 5.75 Å². The van der Waals surface area contributed by atoms with Crippen molar-refractivity contribution in [2.24, 2.45) is 0 Å². The Balaban J connectivity index is 1.37. The molecule has 1 heterocycles. The lowest BCUT2D eigenvalue weighted by Crippen LogP contribution is -2.28. The topological polar surface area (TPSA) is 77.5 Å². The average molecular weight is 402 g/mol. The number of hydrogen-bond acceptors (Lipinski definition) is 7. The van der Waals surface area contributed by atoms with Gasteiger partial charge in [0, 0.05) is 6.54 Å². The zero-order chi connectivity index (χ0) is 19.1. The van der Waals surface area contributed by atoms with Gasteiger partial charge in [0.25, 0.3) is 5.91 Å². The highest BCUT2D eigenvalue weighted by molar-refractivity contribution is 8.01. The van der Waals surface area contributed by atoms with Gasteiger partial charge in [-0.25, -0.2) is 4.98 Å². The van der Waals surface area contributed by atoms with Crippen LogP contribution in [0.25, 0.3) is 10.2 Å². The Bertz CT molecular complexity index is 892. The number of carbonyl (C=O) groups excluding carboxylic acids is 2. The van der Waals surface area contributed by atoms with Crippen molar-refractivity contribution < 1.29 is 19.1 Å². The number of esters is 1. The summed E-state index contributed by atoms with van der Waals surface area (Å²) in [5.74, 6) is 0.0821. The number of aromatic nitrogens is 1. The summed E-state index contributed by atoms with van der Waals surface area (Å²) in [6.07, 6.45) is 0. The van der Waals surface area contributed by atoms with Crippen LogP contribution in [0, 0.1) is 0 Å². The predicted molar refractivity (Wildman–Crippen MR) is 106 cm³/mol. The van der Waals surface area contributed by atoms with E-state index in [1.165, 1.54) is 23.1 Å². The van der Waals surface area contributed by atoms with Crippen LogP contribution in [0.3, 0.4) is 0 Å². The van der Waals surface area contributed by atoms with Crippen molar-refractivity contribution in [1.82, 2.24) is 10.3 Å². The maximum atomic E-state index is 11.8. The van der Waals surface area contributed by atoms with Crippen LogP contribution in [0.4, 0.5) is 0 Å². The van der Waals surface area contributed by atoms with E-state index in [-0.39, 0.29) is 18.3 Å². The van der Waals surface area contributed by atoms with E-state index in [2.05, 4.69) is 10.3 Å². The van der Waals surface area contributed by atoms with Crippen LogP contribution in [-0.2, 0) is 20.9 Å². The number of methoxy groups -OCH3 is 1. The zero-order valence-electron chi connectivity index (χ0n) is 14.6. The number of thiazole rings is 1. The van der Waals surface area contributed by atoms with Crippen molar-refractivity contribution in [3.05, 3.63) is 54.1 Å². The Kier molecular flexibility index (Phi) is 6.67. The van der Waals surface area contributed by atoms with Gasteiger partial charge < -0.3 is 14.8 Å². The molecular weight excluding hydrogens is 384 g/mol. The Morgan fingerprint density at radius 1 is 1.15 bits per heavy atom. The fourth-order valence-corrected chi connectivity index (χ4v) is 4.08. The van der Waals surface area contributed by atoms with Gasteiger partial charge >= 0.3 is 5.97 Å². The number of carbonyl (C=O) groups is 2. The molecule has 0 saturated heterocycles. The first-order valence-corrected chi connectivity index (χ1v) is 9.98. The molecule has 1 N–H and O–H groups in total. The zero-order valence-corrected chi connectivity index (χ0v) is 16.3. The molecule has 0 saturated carbocycles. The highest BCUT2D eigenvalue weighted by Gasteiger charge is 2.10. The molecule has 0 bridgehead atoms. The van der Waals surface area contributed by atoms with E-state index in [0.29, 0.717) is 6.54 Å². The number of ether oxygens (including phenoxy) is 2. The first kappa shape index (κ1) is 19.2. The molecule has 0 aliphatic carbocycles. The number of nitrogens with zero attached hydrogens (tertiary/aromatic N) is 1. The number of para-hydroxylation sites is 1. The summed E-state index contributed by atoms with van der Waals surface area (Å²) in [5, 5.41) is 2.71. The maximum Gasteiger partial charge on any atom is 0.316 e. The maximum absolute atomic E-state index is 11.8. The lowest BCUT2D eigenvalue weighted by Gasteiger charge is -2.07. The van der Waals surface area contributed by atoms with Crippen LogP contribution in [0.15, 0.2) is 52.9 Å². The van der Waals surface area contributed by atoms with Gasteiger partial charge in [-0.1, -0.05) is 36.0 Å².